The van der Waals surface area contributed by atoms with E-state index in [1.54, 1.807) is 7.11 Å². The molecule has 3 heteroatoms. The van der Waals surface area contributed by atoms with Crippen LogP contribution in [-0.2, 0) is 4.74 Å². The SMILES string of the molecule is COCOc1cc(C)ccc1Br. The zero-order valence-electron chi connectivity index (χ0n) is 7.13. The van der Waals surface area contributed by atoms with E-state index in [2.05, 4.69) is 15.9 Å². The Morgan fingerprint density at radius 1 is 1.42 bits per heavy atom. The molecule has 0 fully saturated rings. The summed E-state index contributed by atoms with van der Waals surface area (Å²) in [6, 6.07) is 5.94. The molecule has 2 nitrogen and oxygen atoms in total. The van der Waals surface area contributed by atoms with Gasteiger partial charge in [-0.1, -0.05) is 6.07 Å². The average Bonchev–Trinajstić information content (AvgIpc) is 2.07. The van der Waals surface area contributed by atoms with Crippen LogP contribution in [-0.4, -0.2) is 13.9 Å². The van der Waals surface area contributed by atoms with Crippen LogP contribution in [0.3, 0.4) is 0 Å². The van der Waals surface area contributed by atoms with Crippen LogP contribution in [0.1, 0.15) is 5.56 Å². The van der Waals surface area contributed by atoms with Crippen molar-refractivity contribution in [1.82, 2.24) is 0 Å². The molecule has 0 aromatic heterocycles. The molecular weight excluding hydrogens is 220 g/mol. The average molecular weight is 231 g/mol. The van der Waals surface area contributed by atoms with E-state index < -0.39 is 0 Å². The molecule has 66 valence electrons. The Hall–Kier alpha value is -0.540. The summed E-state index contributed by atoms with van der Waals surface area (Å²) >= 11 is 3.38. The van der Waals surface area contributed by atoms with Crippen LogP contribution < -0.4 is 4.74 Å². The van der Waals surface area contributed by atoms with Crippen LogP contribution in [0.4, 0.5) is 0 Å². The van der Waals surface area contributed by atoms with Crippen molar-refractivity contribution >= 4 is 15.9 Å². The van der Waals surface area contributed by atoms with Crippen molar-refractivity contribution < 1.29 is 9.47 Å². The highest BCUT2D eigenvalue weighted by Gasteiger charge is 1.99. The van der Waals surface area contributed by atoms with E-state index in [9.17, 15) is 0 Å². The number of benzene rings is 1. The van der Waals surface area contributed by atoms with Gasteiger partial charge in [-0.25, -0.2) is 0 Å². The quantitative estimate of drug-likeness (QED) is 0.744. The normalized spacial score (nSPS) is 9.92. The maximum atomic E-state index is 5.30. The van der Waals surface area contributed by atoms with Gasteiger partial charge in [0.15, 0.2) is 6.79 Å². The van der Waals surface area contributed by atoms with Crippen LogP contribution in [0.15, 0.2) is 22.7 Å². The van der Waals surface area contributed by atoms with E-state index in [0.29, 0.717) is 0 Å². The third-order valence-electron chi connectivity index (χ3n) is 1.42. The molecule has 1 aromatic rings. The van der Waals surface area contributed by atoms with Gasteiger partial charge < -0.3 is 9.47 Å². The highest BCUT2D eigenvalue weighted by molar-refractivity contribution is 9.10. The van der Waals surface area contributed by atoms with Crippen molar-refractivity contribution in [2.24, 2.45) is 0 Å². The fraction of sp³-hybridized carbons (Fsp3) is 0.333. The van der Waals surface area contributed by atoms with Crippen LogP contribution in [0.25, 0.3) is 0 Å². The third-order valence-corrected chi connectivity index (χ3v) is 2.07. The van der Waals surface area contributed by atoms with E-state index in [4.69, 9.17) is 9.47 Å². The molecule has 12 heavy (non-hydrogen) atoms. The molecule has 0 aliphatic rings. The second-order valence-corrected chi connectivity index (χ2v) is 3.34. The first-order valence-electron chi connectivity index (χ1n) is 3.62. The van der Waals surface area contributed by atoms with E-state index in [0.717, 1.165) is 10.2 Å². The molecule has 0 spiro atoms. The highest BCUT2D eigenvalue weighted by Crippen LogP contribution is 2.25. The number of rotatable bonds is 3. The van der Waals surface area contributed by atoms with Crippen molar-refractivity contribution in [2.75, 3.05) is 13.9 Å². The molecule has 0 saturated carbocycles. The highest BCUT2D eigenvalue weighted by atomic mass is 79.9. The first-order valence-corrected chi connectivity index (χ1v) is 4.41. The summed E-state index contributed by atoms with van der Waals surface area (Å²) in [5.74, 6) is 0.817. The first-order chi connectivity index (χ1) is 5.74. The van der Waals surface area contributed by atoms with Crippen LogP contribution in [0.2, 0.25) is 0 Å². The fourth-order valence-electron chi connectivity index (χ4n) is 0.844. The summed E-state index contributed by atoms with van der Waals surface area (Å²) < 4.78 is 11.0. The molecule has 0 atom stereocenters. The van der Waals surface area contributed by atoms with Gasteiger partial charge in [-0.05, 0) is 40.5 Å². The van der Waals surface area contributed by atoms with E-state index in [-0.39, 0.29) is 6.79 Å². The van der Waals surface area contributed by atoms with Gasteiger partial charge in [-0.15, -0.1) is 0 Å². The third kappa shape index (κ3) is 2.50. The summed E-state index contributed by atoms with van der Waals surface area (Å²) in [5, 5.41) is 0. The van der Waals surface area contributed by atoms with Gasteiger partial charge in [0, 0.05) is 7.11 Å². The number of aryl methyl sites for hydroxylation is 1. The molecule has 0 aliphatic carbocycles. The Kier molecular flexibility index (Phi) is 3.56. The van der Waals surface area contributed by atoms with Gasteiger partial charge in [0.2, 0.25) is 0 Å². The minimum atomic E-state index is 0.280. The lowest BCUT2D eigenvalue weighted by Gasteiger charge is -2.06. The van der Waals surface area contributed by atoms with E-state index in [1.807, 2.05) is 25.1 Å². The molecule has 0 N–H and O–H groups in total. The van der Waals surface area contributed by atoms with Gasteiger partial charge in [0.25, 0.3) is 0 Å². The number of hydrogen-bond donors (Lipinski definition) is 0. The van der Waals surface area contributed by atoms with Crippen molar-refractivity contribution in [2.45, 2.75) is 6.92 Å². The molecule has 0 saturated heterocycles. The molecule has 0 bridgehead atoms. The Balaban J connectivity index is 2.75. The zero-order chi connectivity index (χ0) is 8.97. The molecule has 1 rings (SSSR count). The van der Waals surface area contributed by atoms with Crippen molar-refractivity contribution in [3.05, 3.63) is 28.2 Å². The Morgan fingerprint density at radius 2 is 2.17 bits per heavy atom. The number of ether oxygens (including phenoxy) is 2. The Bertz CT molecular complexity index is 261. The second-order valence-electron chi connectivity index (χ2n) is 2.48. The largest absolute Gasteiger partial charge is 0.466 e. The molecule has 0 unspecified atom stereocenters. The molecule has 0 aliphatic heterocycles. The van der Waals surface area contributed by atoms with Crippen molar-refractivity contribution in [3.8, 4) is 5.75 Å². The summed E-state index contributed by atoms with van der Waals surface area (Å²) in [7, 11) is 1.60. The van der Waals surface area contributed by atoms with Gasteiger partial charge in [-0.3, -0.25) is 0 Å². The van der Waals surface area contributed by atoms with Crippen LogP contribution >= 0.6 is 15.9 Å². The standard InChI is InChI=1S/C9H11BrO2/c1-7-3-4-8(10)9(5-7)12-6-11-2/h3-5H,6H2,1-2H3. The van der Waals surface area contributed by atoms with Gasteiger partial charge >= 0.3 is 0 Å². The maximum absolute atomic E-state index is 5.30. The van der Waals surface area contributed by atoms with Gasteiger partial charge in [-0.2, -0.15) is 0 Å². The first kappa shape index (κ1) is 9.55. The smallest absolute Gasteiger partial charge is 0.188 e. The minimum absolute atomic E-state index is 0.280. The lowest BCUT2D eigenvalue weighted by atomic mass is 10.2. The fourth-order valence-corrected chi connectivity index (χ4v) is 1.20. The predicted octanol–water partition coefficient (Wildman–Crippen LogP) is 2.74. The molecule has 0 heterocycles. The molecular formula is C9H11BrO2. The summed E-state index contributed by atoms with van der Waals surface area (Å²) in [4.78, 5) is 0. The Morgan fingerprint density at radius 3 is 2.83 bits per heavy atom. The topological polar surface area (TPSA) is 18.5 Å². The van der Waals surface area contributed by atoms with Crippen molar-refractivity contribution in [1.29, 1.82) is 0 Å². The van der Waals surface area contributed by atoms with E-state index in [1.165, 1.54) is 5.56 Å². The predicted molar refractivity (Wildman–Crippen MR) is 51.4 cm³/mol. The monoisotopic (exact) mass is 230 g/mol. The molecule has 1 aromatic carbocycles. The van der Waals surface area contributed by atoms with Crippen LogP contribution in [0, 0.1) is 6.92 Å². The number of methoxy groups -OCH3 is 1. The lowest BCUT2D eigenvalue weighted by Crippen LogP contribution is -1.99. The minimum Gasteiger partial charge on any atom is -0.466 e. The lowest BCUT2D eigenvalue weighted by molar-refractivity contribution is 0.0505. The summed E-state index contributed by atoms with van der Waals surface area (Å²) in [6.07, 6.45) is 0. The molecule has 0 amide bonds. The van der Waals surface area contributed by atoms with Gasteiger partial charge in [0.05, 0.1) is 4.47 Å². The summed E-state index contributed by atoms with van der Waals surface area (Å²) in [5.41, 5.74) is 1.17. The number of hydrogen-bond acceptors (Lipinski definition) is 2. The van der Waals surface area contributed by atoms with E-state index >= 15 is 0 Å². The second kappa shape index (κ2) is 4.48. The summed E-state index contributed by atoms with van der Waals surface area (Å²) in [6.45, 7) is 2.30. The van der Waals surface area contributed by atoms with Crippen molar-refractivity contribution in [3.63, 3.8) is 0 Å². The number of halogens is 1. The Labute approximate surface area is 80.6 Å². The van der Waals surface area contributed by atoms with Crippen LogP contribution in [0.5, 0.6) is 5.75 Å². The zero-order valence-corrected chi connectivity index (χ0v) is 8.72. The maximum Gasteiger partial charge on any atom is 0.188 e. The molecule has 0 radical (unpaired) electrons. The van der Waals surface area contributed by atoms with Gasteiger partial charge in [0.1, 0.15) is 5.75 Å².